The van der Waals surface area contributed by atoms with Crippen molar-refractivity contribution in [2.45, 2.75) is 6.18 Å². The lowest BCUT2D eigenvalue weighted by atomic mass is 10.1. The van der Waals surface area contributed by atoms with E-state index in [1.54, 1.807) is 0 Å². The zero-order chi connectivity index (χ0) is 15.0. The van der Waals surface area contributed by atoms with Gasteiger partial charge in [-0.15, -0.1) is 10.2 Å². The summed E-state index contributed by atoms with van der Waals surface area (Å²) in [5, 5.41) is 16.5. The number of hydrogen-bond donors (Lipinski definition) is 0. The smallest absolute Gasteiger partial charge is 0.284 e. The van der Waals surface area contributed by atoms with Gasteiger partial charge in [-0.3, -0.25) is 4.40 Å². The molecule has 0 N–H and O–H groups in total. The largest absolute Gasteiger partial charge is 0.416 e. The molecule has 0 radical (unpaired) electrons. The van der Waals surface area contributed by atoms with Crippen LogP contribution in [-0.2, 0) is 6.18 Å². The molecule has 104 valence electrons. The van der Waals surface area contributed by atoms with Crippen LogP contribution >= 0.6 is 0 Å². The SMILES string of the molecule is N#Cc1cn2cnnc2c(-c2ccc(C(F)(F)F)cc2)n1. The molecular weight excluding hydrogens is 283 g/mol. The van der Waals surface area contributed by atoms with Gasteiger partial charge in [0.15, 0.2) is 11.3 Å². The number of rotatable bonds is 1. The van der Waals surface area contributed by atoms with E-state index in [1.807, 2.05) is 6.07 Å². The molecule has 21 heavy (non-hydrogen) atoms. The number of benzene rings is 1. The molecule has 0 bridgehead atoms. The Morgan fingerprint density at radius 3 is 2.48 bits per heavy atom. The van der Waals surface area contributed by atoms with Crippen LogP contribution in [0.25, 0.3) is 16.9 Å². The summed E-state index contributed by atoms with van der Waals surface area (Å²) in [5.41, 5.74) is 0.476. The Balaban J connectivity index is 2.16. The van der Waals surface area contributed by atoms with Gasteiger partial charge in [0, 0.05) is 11.8 Å². The summed E-state index contributed by atoms with van der Waals surface area (Å²) in [6.07, 6.45) is -1.56. The zero-order valence-electron chi connectivity index (χ0n) is 10.3. The van der Waals surface area contributed by atoms with E-state index in [1.165, 1.54) is 29.1 Å². The fourth-order valence-electron chi connectivity index (χ4n) is 1.90. The van der Waals surface area contributed by atoms with Crippen molar-refractivity contribution >= 4 is 5.65 Å². The molecule has 1 aromatic carbocycles. The van der Waals surface area contributed by atoms with Gasteiger partial charge >= 0.3 is 6.18 Å². The Bertz CT molecular complexity index is 843. The monoisotopic (exact) mass is 289 g/mol. The molecule has 2 heterocycles. The average molecular weight is 289 g/mol. The molecule has 0 aliphatic rings. The van der Waals surface area contributed by atoms with Crippen LogP contribution in [-0.4, -0.2) is 19.6 Å². The van der Waals surface area contributed by atoms with Crippen molar-refractivity contribution < 1.29 is 13.2 Å². The third kappa shape index (κ3) is 2.29. The van der Waals surface area contributed by atoms with E-state index in [2.05, 4.69) is 15.2 Å². The lowest BCUT2D eigenvalue weighted by molar-refractivity contribution is -0.137. The Hall–Kier alpha value is -2.95. The quantitative estimate of drug-likeness (QED) is 0.690. The van der Waals surface area contributed by atoms with Gasteiger partial charge in [0.25, 0.3) is 0 Å². The molecule has 3 rings (SSSR count). The fourth-order valence-corrected chi connectivity index (χ4v) is 1.90. The van der Waals surface area contributed by atoms with E-state index in [-0.39, 0.29) is 5.69 Å². The zero-order valence-corrected chi connectivity index (χ0v) is 10.3. The fraction of sp³-hybridized carbons (Fsp3) is 0.0769. The lowest BCUT2D eigenvalue weighted by Crippen LogP contribution is -2.04. The number of halogens is 3. The summed E-state index contributed by atoms with van der Waals surface area (Å²) in [7, 11) is 0. The van der Waals surface area contributed by atoms with Crippen LogP contribution in [0.2, 0.25) is 0 Å². The average Bonchev–Trinajstić information content (AvgIpc) is 2.93. The van der Waals surface area contributed by atoms with Crippen molar-refractivity contribution in [3.8, 4) is 17.3 Å². The van der Waals surface area contributed by atoms with Crippen LogP contribution in [0.4, 0.5) is 13.2 Å². The van der Waals surface area contributed by atoms with E-state index in [0.29, 0.717) is 16.9 Å². The first-order valence-corrected chi connectivity index (χ1v) is 5.77. The predicted molar refractivity (Wildman–Crippen MR) is 65.9 cm³/mol. The minimum absolute atomic E-state index is 0.122. The lowest BCUT2D eigenvalue weighted by Gasteiger charge is -2.08. The first-order valence-electron chi connectivity index (χ1n) is 5.77. The van der Waals surface area contributed by atoms with Crippen LogP contribution < -0.4 is 0 Å². The van der Waals surface area contributed by atoms with Crippen molar-refractivity contribution in [3.63, 3.8) is 0 Å². The highest BCUT2D eigenvalue weighted by atomic mass is 19.4. The number of alkyl halides is 3. The minimum atomic E-state index is -4.40. The molecule has 8 heteroatoms. The molecular formula is C13H6F3N5. The van der Waals surface area contributed by atoms with E-state index in [4.69, 9.17) is 5.26 Å². The van der Waals surface area contributed by atoms with Gasteiger partial charge in [-0.25, -0.2) is 4.98 Å². The van der Waals surface area contributed by atoms with Gasteiger partial charge in [0.2, 0.25) is 0 Å². The maximum Gasteiger partial charge on any atom is 0.416 e. The Morgan fingerprint density at radius 1 is 1.14 bits per heavy atom. The second kappa shape index (κ2) is 4.56. The number of nitriles is 1. The summed E-state index contributed by atoms with van der Waals surface area (Å²) in [6.45, 7) is 0. The summed E-state index contributed by atoms with van der Waals surface area (Å²) in [5.74, 6) is 0. The van der Waals surface area contributed by atoms with Crippen LogP contribution in [0.5, 0.6) is 0 Å². The number of hydrogen-bond acceptors (Lipinski definition) is 4. The van der Waals surface area contributed by atoms with Crippen molar-refractivity contribution in [1.82, 2.24) is 19.6 Å². The highest BCUT2D eigenvalue weighted by Gasteiger charge is 2.30. The number of fused-ring (bicyclic) bond motifs is 1. The first kappa shape index (κ1) is 13.1. The van der Waals surface area contributed by atoms with Crippen molar-refractivity contribution in [3.05, 3.63) is 48.0 Å². The van der Waals surface area contributed by atoms with Gasteiger partial charge in [-0.2, -0.15) is 18.4 Å². The van der Waals surface area contributed by atoms with Gasteiger partial charge in [-0.05, 0) is 12.1 Å². The summed E-state index contributed by atoms with van der Waals surface area (Å²) in [4.78, 5) is 4.09. The molecule has 0 aliphatic heterocycles. The van der Waals surface area contributed by atoms with E-state index in [0.717, 1.165) is 12.1 Å². The van der Waals surface area contributed by atoms with Gasteiger partial charge in [0.05, 0.1) is 5.56 Å². The standard InChI is InChI=1S/C13H6F3N5/c14-13(15,16)9-3-1-8(2-4-9)11-12-20-18-7-21(12)6-10(5-17)19-11/h1-4,6-7H. The maximum absolute atomic E-state index is 12.6. The van der Waals surface area contributed by atoms with Crippen LogP contribution in [0.15, 0.2) is 36.8 Å². The second-order valence-corrected chi connectivity index (χ2v) is 4.22. The van der Waals surface area contributed by atoms with Gasteiger partial charge < -0.3 is 0 Å². The summed E-state index contributed by atoms with van der Waals surface area (Å²) < 4.78 is 39.2. The Morgan fingerprint density at radius 2 is 1.86 bits per heavy atom. The first-order chi connectivity index (χ1) is 9.99. The minimum Gasteiger partial charge on any atom is -0.284 e. The van der Waals surface area contributed by atoms with Crippen molar-refractivity contribution in [2.24, 2.45) is 0 Å². The van der Waals surface area contributed by atoms with Crippen molar-refractivity contribution in [2.75, 3.05) is 0 Å². The molecule has 0 unspecified atom stereocenters. The highest BCUT2D eigenvalue weighted by Crippen LogP contribution is 2.31. The second-order valence-electron chi connectivity index (χ2n) is 4.22. The Labute approximate surface area is 116 Å². The summed E-state index contributed by atoms with van der Waals surface area (Å²) in [6, 6.07) is 6.39. The summed E-state index contributed by atoms with van der Waals surface area (Å²) >= 11 is 0. The van der Waals surface area contributed by atoms with E-state index in [9.17, 15) is 13.2 Å². The molecule has 5 nitrogen and oxygen atoms in total. The molecule has 0 spiro atoms. The molecule has 2 aromatic heterocycles. The third-order valence-electron chi connectivity index (χ3n) is 2.88. The van der Waals surface area contributed by atoms with E-state index < -0.39 is 11.7 Å². The number of aromatic nitrogens is 4. The predicted octanol–water partition coefficient (Wildman–Crippen LogP) is 2.68. The molecule has 0 atom stereocenters. The molecule has 0 saturated heterocycles. The van der Waals surface area contributed by atoms with Crippen molar-refractivity contribution in [1.29, 1.82) is 5.26 Å². The maximum atomic E-state index is 12.6. The van der Waals surface area contributed by atoms with Crippen LogP contribution in [0, 0.1) is 11.3 Å². The normalized spacial score (nSPS) is 11.5. The topological polar surface area (TPSA) is 66.9 Å². The van der Waals surface area contributed by atoms with Gasteiger partial charge in [-0.1, -0.05) is 12.1 Å². The number of nitrogens with zero attached hydrogens (tertiary/aromatic N) is 5. The molecule has 0 amide bonds. The molecule has 0 saturated carbocycles. The highest BCUT2D eigenvalue weighted by molar-refractivity contribution is 5.73. The molecule has 3 aromatic rings. The molecule has 0 fully saturated rings. The van der Waals surface area contributed by atoms with Crippen LogP contribution in [0.1, 0.15) is 11.3 Å². The van der Waals surface area contributed by atoms with E-state index >= 15 is 0 Å². The van der Waals surface area contributed by atoms with Gasteiger partial charge in [0.1, 0.15) is 18.1 Å². The molecule has 0 aliphatic carbocycles. The Kier molecular flexibility index (Phi) is 2.83. The van der Waals surface area contributed by atoms with Crippen LogP contribution in [0.3, 0.4) is 0 Å². The third-order valence-corrected chi connectivity index (χ3v) is 2.88.